The van der Waals surface area contributed by atoms with Crippen LogP contribution in [0.1, 0.15) is 25.0 Å². The monoisotopic (exact) mass is 256 g/mol. The Hall–Kier alpha value is -2.10. The van der Waals surface area contributed by atoms with Gasteiger partial charge in [-0.3, -0.25) is 0 Å². The van der Waals surface area contributed by atoms with E-state index in [4.69, 9.17) is 0 Å². The number of nitrogens with one attached hydrogen (secondary N) is 2. The molecule has 1 aromatic heterocycles. The molecule has 2 aromatic rings. The third kappa shape index (κ3) is 3.02. The molecule has 0 saturated heterocycles. The Morgan fingerprint density at radius 1 is 1.05 bits per heavy atom. The molecule has 0 spiro atoms. The standard InChI is InChI=1S/C15H20N4/c1-4-11-7-6-8-12(9-11)19-15-13(5-2)14(16-3)17-10-18-15/h6-10H,4-5H2,1-3H3,(H2,16,17,18,19). The van der Waals surface area contributed by atoms with Crippen LogP contribution in [0.5, 0.6) is 0 Å². The molecule has 0 aliphatic carbocycles. The van der Waals surface area contributed by atoms with Gasteiger partial charge in [-0.05, 0) is 30.5 Å². The van der Waals surface area contributed by atoms with E-state index in [0.29, 0.717) is 0 Å². The number of rotatable bonds is 5. The van der Waals surface area contributed by atoms with E-state index in [1.165, 1.54) is 5.56 Å². The van der Waals surface area contributed by atoms with Crippen LogP contribution < -0.4 is 10.6 Å². The van der Waals surface area contributed by atoms with Crippen molar-refractivity contribution in [1.82, 2.24) is 9.97 Å². The largest absolute Gasteiger partial charge is 0.373 e. The topological polar surface area (TPSA) is 49.8 Å². The molecule has 0 bridgehead atoms. The van der Waals surface area contributed by atoms with Crippen molar-refractivity contribution in [2.45, 2.75) is 26.7 Å². The summed E-state index contributed by atoms with van der Waals surface area (Å²) in [5.74, 6) is 1.75. The maximum Gasteiger partial charge on any atom is 0.139 e. The molecule has 1 aromatic carbocycles. The van der Waals surface area contributed by atoms with Crippen LogP contribution in [0.3, 0.4) is 0 Å². The first-order valence-electron chi connectivity index (χ1n) is 6.66. The summed E-state index contributed by atoms with van der Waals surface area (Å²) in [7, 11) is 1.88. The molecule has 0 atom stereocenters. The van der Waals surface area contributed by atoms with Gasteiger partial charge >= 0.3 is 0 Å². The average Bonchev–Trinajstić information content (AvgIpc) is 2.47. The van der Waals surface area contributed by atoms with Crippen LogP contribution >= 0.6 is 0 Å². The van der Waals surface area contributed by atoms with Gasteiger partial charge in [0.05, 0.1) is 0 Å². The lowest BCUT2D eigenvalue weighted by molar-refractivity contribution is 1.05. The SMILES string of the molecule is CCc1cccc(Nc2ncnc(NC)c2CC)c1. The first kappa shape index (κ1) is 13.3. The van der Waals surface area contributed by atoms with Crippen molar-refractivity contribution in [2.75, 3.05) is 17.7 Å². The quantitative estimate of drug-likeness (QED) is 0.861. The molecule has 4 heteroatoms. The molecule has 4 nitrogen and oxygen atoms in total. The number of anilines is 3. The van der Waals surface area contributed by atoms with Gasteiger partial charge in [-0.15, -0.1) is 0 Å². The number of benzene rings is 1. The summed E-state index contributed by atoms with van der Waals surface area (Å²) in [5, 5.41) is 6.49. The van der Waals surface area contributed by atoms with Crippen LogP contribution in [-0.2, 0) is 12.8 Å². The average molecular weight is 256 g/mol. The Labute approximate surface area is 114 Å². The number of hydrogen-bond acceptors (Lipinski definition) is 4. The van der Waals surface area contributed by atoms with Gasteiger partial charge in [-0.25, -0.2) is 9.97 Å². The van der Waals surface area contributed by atoms with Crippen molar-refractivity contribution in [1.29, 1.82) is 0 Å². The molecule has 0 unspecified atom stereocenters. The number of aryl methyl sites for hydroxylation is 1. The minimum Gasteiger partial charge on any atom is -0.373 e. The normalized spacial score (nSPS) is 10.3. The Morgan fingerprint density at radius 3 is 2.53 bits per heavy atom. The zero-order chi connectivity index (χ0) is 13.7. The minimum atomic E-state index is 0.870. The first-order valence-corrected chi connectivity index (χ1v) is 6.66. The molecule has 0 saturated carbocycles. The van der Waals surface area contributed by atoms with E-state index in [0.717, 1.165) is 35.7 Å². The molecule has 1 heterocycles. The summed E-state index contributed by atoms with van der Waals surface area (Å²) in [6, 6.07) is 8.40. The highest BCUT2D eigenvalue weighted by molar-refractivity contribution is 5.65. The van der Waals surface area contributed by atoms with Crippen molar-refractivity contribution >= 4 is 17.3 Å². The van der Waals surface area contributed by atoms with Crippen molar-refractivity contribution < 1.29 is 0 Å². The smallest absolute Gasteiger partial charge is 0.139 e. The highest BCUT2D eigenvalue weighted by Gasteiger charge is 2.08. The van der Waals surface area contributed by atoms with Crippen LogP contribution in [0.15, 0.2) is 30.6 Å². The van der Waals surface area contributed by atoms with Crippen molar-refractivity contribution in [3.05, 3.63) is 41.7 Å². The molecule has 0 radical (unpaired) electrons. The summed E-state index contributed by atoms with van der Waals surface area (Å²) in [5.41, 5.74) is 3.48. The summed E-state index contributed by atoms with van der Waals surface area (Å²) < 4.78 is 0. The second-order valence-corrected chi connectivity index (χ2v) is 4.33. The van der Waals surface area contributed by atoms with E-state index in [9.17, 15) is 0 Å². The molecule has 0 fully saturated rings. The lowest BCUT2D eigenvalue weighted by Gasteiger charge is -2.13. The third-order valence-corrected chi connectivity index (χ3v) is 3.13. The van der Waals surface area contributed by atoms with E-state index in [2.05, 4.69) is 58.7 Å². The van der Waals surface area contributed by atoms with Crippen LogP contribution in [0, 0.1) is 0 Å². The molecule has 0 aliphatic rings. The maximum absolute atomic E-state index is 4.35. The van der Waals surface area contributed by atoms with Gasteiger partial charge in [-0.1, -0.05) is 26.0 Å². The van der Waals surface area contributed by atoms with Crippen molar-refractivity contribution in [3.8, 4) is 0 Å². The number of aromatic nitrogens is 2. The Bertz CT molecular complexity index is 552. The van der Waals surface area contributed by atoms with E-state index in [1.54, 1.807) is 6.33 Å². The molecule has 0 aliphatic heterocycles. The van der Waals surface area contributed by atoms with Gasteiger partial charge in [0.1, 0.15) is 18.0 Å². The predicted molar refractivity (Wildman–Crippen MR) is 80.1 cm³/mol. The van der Waals surface area contributed by atoms with Crippen molar-refractivity contribution in [2.24, 2.45) is 0 Å². The zero-order valence-electron chi connectivity index (χ0n) is 11.7. The molecule has 100 valence electrons. The van der Waals surface area contributed by atoms with Crippen molar-refractivity contribution in [3.63, 3.8) is 0 Å². The Morgan fingerprint density at radius 2 is 1.84 bits per heavy atom. The molecule has 19 heavy (non-hydrogen) atoms. The summed E-state index contributed by atoms with van der Waals surface area (Å²) in [6.45, 7) is 4.26. The van der Waals surface area contributed by atoms with Crippen LogP contribution in [0.25, 0.3) is 0 Å². The van der Waals surface area contributed by atoms with E-state index < -0.39 is 0 Å². The highest BCUT2D eigenvalue weighted by Crippen LogP contribution is 2.24. The van der Waals surface area contributed by atoms with E-state index >= 15 is 0 Å². The number of nitrogens with zero attached hydrogens (tertiary/aromatic N) is 2. The zero-order valence-corrected chi connectivity index (χ0v) is 11.7. The fourth-order valence-corrected chi connectivity index (χ4v) is 2.08. The van der Waals surface area contributed by atoms with Gasteiger partial charge in [0.25, 0.3) is 0 Å². The third-order valence-electron chi connectivity index (χ3n) is 3.13. The predicted octanol–water partition coefficient (Wildman–Crippen LogP) is 3.39. The van der Waals surface area contributed by atoms with Gasteiger partial charge in [0, 0.05) is 18.3 Å². The maximum atomic E-state index is 4.35. The summed E-state index contributed by atoms with van der Waals surface area (Å²) in [4.78, 5) is 8.59. The van der Waals surface area contributed by atoms with E-state index in [-0.39, 0.29) is 0 Å². The van der Waals surface area contributed by atoms with Crippen LogP contribution in [0.4, 0.5) is 17.3 Å². The molecular formula is C15H20N4. The fraction of sp³-hybridized carbons (Fsp3) is 0.333. The summed E-state index contributed by atoms with van der Waals surface area (Å²) in [6.07, 6.45) is 3.49. The van der Waals surface area contributed by atoms with Gasteiger partial charge in [-0.2, -0.15) is 0 Å². The lowest BCUT2D eigenvalue weighted by atomic mass is 10.1. The fourth-order valence-electron chi connectivity index (χ4n) is 2.08. The Kier molecular flexibility index (Phi) is 4.34. The molecule has 2 N–H and O–H groups in total. The van der Waals surface area contributed by atoms with Gasteiger partial charge in [0.15, 0.2) is 0 Å². The second kappa shape index (κ2) is 6.18. The molecule has 0 amide bonds. The first-order chi connectivity index (χ1) is 9.28. The van der Waals surface area contributed by atoms with Crippen LogP contribution in [-0.4, -0.2) is 17.0 Å². The Balaban J connectivity index is 2.32. The van der Waals surface area contributed by atoms with Crippen LogP contribution in [0.2, 0.25) is 0 Å². The lowest BCUT2D eigenvalue weighted by Crippen LogP contribution is -2.04. The second-order valence-electron chi connectivity index (χ2n) is 4.33. The summed E-state index contributed by atoms with van der Waals surface area (Å²) >= 11 is 0. The van der Waals surface area contributed by atoms with Gasteiger partial charge in [0.2, 0.25) is 0 Å². The molecule has 2 rings (SSSR count). The van der Waals surface area contributed by atoms with E-state index in [1.807, 2.05) is 7.05 Å². The van der Waals surface area contributed by atoms with Gasteiger partial charge < -0.3 is 10.6 Å². The number of hydrogen-bond donors (Lipinski definition) is 2. The highest BCUT2D eigenvalue weighted by atomic mass is 15.1. The molecular weight excluding hydrogens is 236 g/mol. The minimum absolute atomic E-state index is 0.870.